The number of benzene rings is 2. The number of aromatic nitrogens is 1. The highest BCUT2D eigenvalue weighted by atomic mass is 32.1. The lowest BCUT2D eigenvalue weighted by molar-refractivity contribution is -0.139. The molecule has 1 amide bonds. The molecular formula is C26H22N2O5S. The van der Waals surface area contributed by atoms with Crippen LogP contribution in [0.3, 0.4) is 0 Å². The molecule has 0 saturated heterocycles. The fourth-order valence-corrected chi connectivity index (χ4v) is 5.06. The molecule has 0 bridgehead atoms. The van der Waals surface area contributed by atoms with Crippen molar-refractivity contribution in [1.29, 1.82) is 0 Å². The van der Waals surface area contributed by atoms with E-state index in [1.54, 1.807) is 0 Å². The lowest BCUT2D eigenvalue weighted by Gasteiger charge is -2.07. The number of thiophene rings is 1. The van der Waals surface area contributed by atoms with Gasteiger partial charge < -0.3 is 14.3 Å². The molecule has 1 saturated carbocycles. The Morgan fingerprint density at radius 3 is 2.47 bits per heavy atom. The lowest BCUT2D eigenvalue weighted by Crippen LogP contribution is -2.17. The molecule has 4 aromatic rings. The average molecular weight is 475 g/mol. The SMILES string of the molecule is O=C(Nc1ocnc1-c1ccc(-c2ccc(C3(C(=O)O)CC3)s2)cc1)OCCc1ccccc1. The number of carbonyl (C=O) groups is 2. The lowest BCUT2D eigenvalue weighted by atomic mass is 10.1. The zero-order chi connectivity index (χ0) is 23.5. The molecule has 7 nitrogen and oxygen atoms in total. The summed E-state index contributed by atoms with van der Waals surface area (Å²) in [7, 11) is 0. The summed E-state index contributed by atoms with van der Waals surface area (Å²) in [6.07, 6.45) is 2.67. The second-order valence-electron chi connectivity index (χ2n) is 8.16. The van der Waals surface area contributed by atoms with Crippen LogP contribution in [0, 0.1) is 0 Å². The fraction of sp³-hybridized carbons (Fsp3) is 0.192. The van der Waals surface area contributed by atoms with Gasteiger partial charge in [0.1, 0.15) is 11.1 Å². The van der Waals surface area contributed by atoms with Gasteiger partial charge in [-0.15, -0.1) is 11.3 Å². The van der Waals surface area contributed by atoms with Crippen LogP contribution in [0.15, 0.2) is 77.5 Å². The first-order chi connectivity index (χ1) is 16.5. The third kappa shape index (κ3) is 4.45. The van der Waals surface area contributed by atoms with E-state index >= 15 is 0 Å². The smallest absolute Gasteiger partial charge is 0.414 e. The van der Waals surface area contributed by atoms with Crippen molar-refractivity contribution in [2.45, 2.75) is 24.7 Å². The molecule has 0 spiro atoms. The van der Waals surface area contributed by atoms with Crippen molar-refractivity contribution in [3.63, 3.8) is 0 Å². The molecule has 1 aliphatic rings. The highest BCUT2D eigenvalue weighted by molar-refractivity contribution is 7.15. The number of carboxylic acids is 1. The summed E-state index contributed by atoms with van der Waals surface area (Å²) in [6.45, 7) is 0.250. The highest BCUT2D eigenvalue weighted by Gasteiger charge is 2.52. The number of aliphatic carboxylic acids is 1. The first-order valence-electron chi connectivity index (χ1n) is 10.9. The zero-order valence-electron chi connectivity index (χ0n) is 18.2. The molecule has 1 aliphatic carbocycles. The number of carbonyl (C=O) groups excluding carboxylic acids is 1. The Hall–Kier alpha value is -3.91. The maximum Gasteiger partial charge on any atom is 0.414 e. The number of anilines is 1. The molecule has 172 valence electrons. The normalized spacial score (nSPS) is 13.9. The number of nitrogens with one attached hydrogen (secondary N) is 1. The molecule has 2 aromatic heterocycles. The van der Waals surface area contributed by atoms with Crippen molar-refractivity contribution in [3.05, 3.63) is 83.6 Å². The standard InChI is InChI=1S/C26H22N2O5S/c29-24(30)26(13-14-26)21-11-10-20(34-21)18-6-8-19(9-7-18)22-23(33-16-27-22)28-25(31)32-15-12-17-4-2-1-3-5-17/h1-11,16H,12-15H2,(H,28,31)(H,29,30). The van der Waals surface area contributed by atoms with Gasteiger partial charge in [0.05, 0.1) is 6.61 Å². The summed E-state index contributed by atoms with van der Waals surface area (Å²) < 4.78 is 10.6. The van der Waals surface area contributed by atoms with E-state index in [0.717, 1.165) is 26.4 Å². The summed E-state index contributed by atoms with van der Waals surface area (Å²) in [5.41, 5.74) is 2.66. The maximum absolute atomic E-state index is 12.2. The van der Waals surface area contributed by atoms with Crippen molar-refractivity contribution in [1.82, 2.24) is 4.98 Å². The molecular weight excluding hydrogens is 452 g/mol. The number of amides is 1. The minimum absolute atomic E-state index is 0.216. The Balaban J connectivity index is 1.23. The highest BCUT2D eigenvalue weighted by Crippen LogP contribution is 2.51. The van der Waals surface area contributed by atoms with Crippen LogP contribution in [0.4, 0.5) is 10.7 Å². The van der Waals surface area contributed by atoms with Crippen molar-refractivity contribution in [2.24, 2.45) is 0 Å². The molecule has 0 atom stereocenters. The minimum Gasteiger partial charge on any atom is -0.481 e. The first kappa shape index (κ1) is 21.9. The predicted octanol–water partition coefficient (Wildman–Crippen LogP) is 5.98. The van der Waals surface area contributed by atoms with Crippen molar-refractivity contribution >= 4 is 29.3 Å². The third-order valence-corrected chi connectivity index (χ3v) is 7.27. The van der Waals surface area contributed by atoms with E-state index in [9.17, 15) is 14.7 Å². The molecule has 5 rings (SSSR count). The molecule has 0 aliphatic heterocycles. The van der Waals surface area contributed by atoms with Crippen molar-refractivity contribution < 1.29 is 23.8 Å². The monoisotopic (exact) mass is 474 g/mol. The Morgan fingerprint density at radius 2 is 1.76 bits per heavy atom. The van der Waals surface area contributed by atoms with Crippen LogP contribution in [0.5, 0.6) is 0 Å². The molecule has 0 radical (unpaired) electrons. The number of ether oxygens (including phenoxy) is 1. The largest absolute Gasteiger partial charge is 0.481 e. The van der Waals surface area contributed by atoms with Gasteiger partial charge in [-0.05, 0) is 36.1 Å². The van der Waals surface area contributed by atoms with Crippen LogP contribution in [-0.2, 0) is 21.4 Å². The number of hydrogen-bond acceptors (Lipinski definition) is 6. The van der Waals surface area contributed by atoms with Crippen LogP contribution in [0.1, 0.15) is 23.3 Å². The van der Waals surface area contributed by atoms with Crippen LogP contribution in [-0.4, -0.2) is 28.8 Å². The zero-order valence-corrected chi connectivity index (χ0v) is 19.0. The van der Waals surface area contributed by atoms with Gasteiger partial charge in [0.2, 0.25) is 5.88 Å². The summed E-state index contributed by atoms with van der Waals surface area (Å²) >= 11 is 1.52. The van der Waals surface area contributed by atoms with Crippen molar-refractivity contribution in [3.8, 4) is 21.7 Å². The van der Waals surface area contributed by atoms with E-state index in [4.69, 9.17) is 9.15 Å². The summed E-state index contributed by atoms with van der Waals surface area (Å²) in [5, 5.41) is 12.1. The summed E-state index contributed by atoms with van der Waals surface area (Å²) in [6, 6.07) is 21.3. The van der Waals surface area contributed by atoms with Gasteiger partial charge in [-0.1, -0.05) is 54.6 Å². The second-order valence-corrected chi connectivity index (χ2v) is 9.24. The molecule has 2 heterocycles. The van der Waals surface area contributed by atoms with E-state index < -0.39 is 17.5 Å². The quantitative estimate of drug-likeness (QED) is 0.326. The summed E-state index contributed by atoms with van der Waals surface area (Å²) in [5.74, 6) is -0.533. The molecule has 2 aromatic carbocycles. The number of nitrogens with zero attached hydrogens (tertiary/aromatic N) is 1. The molecule has 8 heteroatoms. The Morgan fingerprint density at radius 1 is 1.03 bits per heavy atom. The van der Waals surface area contributed by atoms with Gasteiger partial charge >= 0.3 is 12.1 Å². The first-order valence-corrected chi connectivity index (χ1v) is 11.7. The fourth-order valence-electron chi connectivity index (χ4n) is 3.81. The molecule has 2 N–H and O–H groups in total. The molecule has 34 heavy (non-hydrogen) atoms. The topological polar surface area (TPSA) is 102 Å². The van der Waals surface area contributed by atoms with E-state index in [2.05, 4.69) is 10.3 Å². The maximum atomic E-state index is 12.2. The summed E-state index contributed by atoms with van der Waals surface area (Å²) in [4.78, 5) is 29.9. The number of carboxylic acid groups (broad SMARTS) is 1. The number of oxazole rings is 1. The number of rotatable bonds is 8. The van der Waals surface area contributed by atoms with Crippen LogP contribution >= 0.6 is 11.3 Å². The van der Waals surface area contributed by atoms with Gasteiger partial charge in [0, 0.05) is 21.7 Å². The van der Waals surface area contributed by atoms with Crippen molar-refractivity contribution in [2.75, 3.05) is 11.9 Å². The Bertz CT molecular complexity index is 1310. The van der Waals surface area contributed by atoms with Crippen LogP contribution in [0.25, 0.3) is 21.7 Å². The number of hydrogen-bond donors (Lipinski definition) is 2. The van der Waals surface area contributed by atoms with E-state index in [1.165, 1.54) is 17.7 Å². The molecule has 1 fully saturated rings. The predicted molar refractivity (Wildman–Crippen MR) is 129 cm³/mol. The van der Waals surface area contributed by atoms with E-state index in [-0.39, 0.29) is 12.5 Å². The molecule has 0 unspecified atom stereocenters. The van der Waals surface area contributed by atoms with E-state index in [1.807, 2.05) is 66.7 Å². The Kier molecular flexibility index (Phi) is 5.90. The van der Waals surface area contributed by atoms with Gasteiger partial charge in [0.25, 0.3) is 0 Å². The van der Waals surface area contributed by atoms with Gasteiger partial charge in [-0.25, -0.2) is 9.78 Å². The van der Waals surface area contributed by atoms with Gasteiger partial charge in [-0.3, -0.25) is 10.1 Å². The van der Waals surface area contributed by atoms with Gasteiger partial charge in [-0.2, -0.15) is 0 Å². The third-order valence-electron chi connectivity index (χ3n) is 5.93. The second kappa shape index (κ2) is 9.15. The van der Waals surface area contributed by atoms with E-state index in [0.29, 0.717) is 25.0 Å². The minimum atomic E-state index is -0.749. The average Bonchev–Trinajstić information content (AvgIpc) is 3.29. The Labute approximate surface area is 200 Å². The van der Waals surface area contributed by atoms with Crippen LogP contribution in [0.2, 0.25) is 0 Å². The van der Waals surface area contributed by atoms with Gasteiger partial charge in [0.15, 0.2) is 6.39 Å². The van der Waals surface area contributed by atoms with Crippen LogP contribution < -0.4 is 5.32 Å².